The van der Waals surface area contributed by atoms with Gasteiger partial charge in [-0.1, -0.05) is 23.3 Å². The number of hydroxylamine groups is 2. The molecule has 4 rings (SSSR count). The first-order valence-electron chi connectivity index (χ1n) is 7.21. The highest BCUT2D eigenvalue weighted by Crippen LogP contribution is 2.24. The Kier molecular flexibility index (Phi) is 2.96. The van der Waals surface area contributed by atoms with Gasteiger partial charge in [0.05, 0.1) is 22.8 Å². The van der Waals surface area contributed by atoms with E-state index in [0.29, 0.717) is 10.6 Å². The molecule has 0 bridgehead atoms. The molecule has 1 aliphatic heterocycles. The van der Waals surface area contributed by atoms with Crippen molar-refractivity contribution in [3.8, 4) is 0 Å². The van der Waals surface area contributed by atoms with E-state index in [9.17, 15) is 14.4 Å². The number of amides is 2. The lowest BCUT2D eigenvalue weighted by Crippen LogP contribution is -2.32. The van der Waals surface area contributed by atoms with Gasteiger partial charge in [0.2, 0.25) is 0 Å². The highest BCUT2D eigenvalue weighted by molar-refractivity contribution is 6.21. The van der Waals surface area contributed by atoms with Crippen molar-refractivity contribution in [2.45, 2.75) is 6.92 Å². The number of carbonyl (C=O) groups is 3. The molecule has 0 spiro atoms. The van der Waals surface area contributed by atoms with Crippen molar-refractivity contribution in [1.29, 1.82) is 0 Å². The molecule has 0 atom stereocenters. The normalized spacial score (nSPS) is 13.5. The average molecular weight is 321 g/mol. The Bertz CT molecular complexity index is 987. The number of carbonyl (C=O) groups excluding carboxylic acids is 3. The quantitative estimate of drug-likeness (QED) is 0.674. The van der Waals surface area contributed by atoms with Crippen molar-refractivity contribution in [2.24, 2.45) is 0 Å². The molecule has 0 saturated heterocycles. The number of rotatable bonds is 2. The molecule has 0 fully saturated rings. The van der Waals surface area contributed by atoms with Gasteiger partial charge in [-0.05, 0) is 30.7 Å². The predicted molar refractivity (Wildman–Crippen MR) is 82.3 cm³/mol. The van der Waals surface area contributed by atoms with Crippen LogP contribution >= 0.6 is 0 Å². The first-order valence-corrected chi connectivity index (χ1v) is 7.21. The number of imide groups is 1. The third kappa shape index (κ3) is 1.91. The van der Waals surface area contributed by atoms with E-state index < -0.39 is 17.8 Å². The van der Waals surface area contributed by atoms with Gasteiger partial charge < -0.3 is 4.84 Å². The van der Waals surface area contributed by atoms with Crippen molar-refractivity contribution >= 4 is 23.3 Å². The lowest BCUT2D eigenvalue weighted by atomic mass is 10.1. The van der Waals surface area contributed by atoms with Gasteiger partial charge in [-0.25, -0.2) is 9.31 Å². The largest absolute Gasteiger partial charge is 0.367 e. The molecule has 1 aliphatic rings. The Morgan fingerprint density at radius 3 is 2.38 bits per heavy atom. The molecule has 7 heteroatoms. The van der Waals surface area contributed by atoms with Crippen LogP contribution in [0, 0.1) is 6.92 Å². The minimum absolute atomic E-state index is 0.185. The van der Waals surface area contributed by atoms with E-state index in [-0.39, 0.29) is 16.7 Å². The third-order valence-corrected chi connectivity index (χ3v) is 3.89. The summed E-state index contributed by atoms with van der Waals surface area (Å²) in [6, 6.07) is 9.95. The minimum Gasteiger partial charge on any atom is -0.324 e. The van der Waals surface area contributed by atoms with Crippen LogP contribution in [0.1, 0.15) is 36.6 Å². The maximum absolute atomic E-state index is 12.4. The van der Waals surface area contributed by atoms with Crippen molar-refractivity contribution in [2.75, 3.05) is 0 Å². The fourth-order valence-corrected chi connectivity index (χ4v) is 2.75. The molecule has 0 radical (unpaired) electrons. The Hall–Kier alpha value is -3.48. The summed E-state index contributed by atoms with van der Waals surface area (Å²) in [5.74, 6) is -2.12. The molecule has 2 amide bonds. The van der Waals surface area contributed by atoms with Crippen molar-refractivity contribution in [3.63, 3.8) is 0 Å². The van der Waals surface area contributed by atoms with E-state index in [2.05, 4.69) is 5.10 Å². The fourth-order valence-electron chi connectivity index (χ4n) is 2.75. The molecule has 3 heterocycles. The molecule has 1 aromatic carbocycles. The van der Waals surface area contributed by atoms with Crippen LogP contribution in [0.4, 0.5) is 0 Å². The Morgan fingerprint density at radius 2 is 1.71 bits per heavy atom. The standard InChI is InChI=1S/C17H11N3O4/c1-10-5-4-8-19-14(10)13(9-18-19)17(23)24-20-15(21)11-6-2-3-7-12(11)16(20)22/h2-9H,1H3. The number of fused-ring (bicyclic) bond motifs is 2. The van der Waals surface area contributed by atoms with Crippen LogP contribution in [0.2, 0.25) is 0 Å². The van der Waals surface area contributed by atoms with Crippen LogP contribution in [0.5, 0.6) is 0 Å². The summed E-state index contributed by atoms with van der Waals surface area (Å²) in [5, 5.41) is 4.57. The number of pyridine rings is 1. The zero-order valence-electron chi connectivity index (χ0n) is 12.6. The van der Waals surface area contributed by atoms with E-state index in [1.807, 2.05) is 13.0 Å². The Labute approximate surface area is 136 Å². The summed E-state index contributed by atoms with van der Waals surface area (Å²) in [4.78, 5) is 42.0. The lowest BCUT2D eigenvalue weighted by molar-refractivity contribution is -0.0583. The summed E-state index contributed by atoms with van der Waals surface area (Å²) in [7, 11) is 0. The van der Waals surface area contributed by atoms with Crippen LogP contribution in [0.25, 0.3) is 5.52 Å². The van der Waals surface area contributed by atoms with E-state index in [4.69, 9.17) is 4.84 Å². The number of hydrogen-bond acceptors (Lipinski definition) is 5. The van der Waals surface area contributed by atoms with Crippen LogP contribution in [0.3, 0.4) is 0 Å². The molecule has 0 saturated carbocycles. The van der Waals surface area contributed by atoms with Gasteiger partial charge >= 0.3 is 5.97 Å². The Morgan fingerprint density at radius 1 is 1.04 bits per heavy atom. The molecule has 0 unspecified atom stereocenters. The first-order chi connectivity index (χ1) is 11.6. The molecule has 2 aromatic heterocycles. The number of hydrogen-bond donors (Lipinski definition) is 0. The zero-order chi connectivity index (χ0) is 16.8. The van der Waals surface area contributed by atoms with Crippen molar-refractivity contribution in [3.05, 3.63) is 71.0 Å². The minimum atomic E-state index is -0.811. The highest BCUT2D eigenvalue weighted by atomic mass is 16.7. The van der Waals surface area contributed by atoms with Crippen LogP contribution in [0.15, 0.2) is 48.8 Å². The maximum Gasteiger partial charge on any atom is 0.367 e. The molecule has 7 nitrogen and oxygen atoms in total. The fraction of sp³-hybridized carbons (Fsp3) is 0.0588. The van der Waals surface area contributed by atoms with Gasteiger partial charge in [0.15, 0.2) is 0 Å². The monoisotopic (exact) mass is 321 g/mol. The number of nitrogens with zero attached hydrogens (tertiary/aromatic N) is 3. The van der Waals surface area contributed by atoms with Gasteiger partial charge in [0.25, 0.3) is 11.8 Å². The van der Waals surface area contributed by atoms with E-state index >= 15 is 0 Å². The second-order valence-corrected chi connectivity index (χ2v) is 5.37. The second-order valence-electron chi connectivity index (χ2n) is 5.37. The molecule has 118 valence electrons. The maximum atomic E-state index is 12.4. The van der Waals surface area contributed by atoms with Crippen LogP contribution in [-0.4, -0.2) is 32.5 Å². The zero-order valence-corrected chi connectivity index (χ0v) is 12.6. The van der Waals surface area contributed by atoms with E-state index in [0.717, 1.165) is 5.56 Å². The molecular weight excluding hydrogens is 310 g/mol. The first kappa shape index (κ1) is 14.1. The smallest absolute Gasteiger partial charge is 0.324 e. The molecular formula is C17H11N3O4. The van der Waals surface area contributed by atoms with Crippen molar-refractivity contribution < 1.29 is 19.2 Å². The summed E-state index contributed by atoms with van der Waals surface area (Å²) >= 11 is 0. The summed E-state index contributed by atoms with van der Waals surface area (Å²) in [6.45, 7) is 1.83. The van der Waals surface area contributed by atoms with Gasteiger partial charge in [-0.2, -0.15) is 5.10 Å². The molecule has 0 aliphatic carbocycles. The van der Waals surface area contributed by atoms with Crippen molar-refractivity contribution in [1.82, 2.24) is 14.7 Å². The van der Waals surface area contributed by atoms with E-state index in [1.54, 1.807) is 24.4 Å². The highest BCUT2D eigenvalue weighted by Gasteiger charge is 2.39. The predicted octanol–water partition coefficient (Wildman–Crippen LogP) is 2.01. The van der Waals surface area contributed by atoms with Crippen LogP contribution in [-0.2, 0) is 4.84 Å². The van der Waals surface area contributed by atoms with Gasteiger partial charge in [-0.3, -0.25) is 9.59 Å². The average Bonchev–Trinajstić information content (AvgIpc) is 3.12. The second kappa shape index (κ2) is 5.02. The number of aryl methyl sites for hydroxylation is 1. The SMILES string of the molecule is Cc1cccn2ncc(C(=O)ON3C(=O)c4ccccc4C3=O)c12. The summed E-state index contributed by atoms with van der Waals surface area (Å²) in [6.07, 6.45) is 3.05. The summed E-state index contributed by atoms with van der Waals surface area (Å²) in [5.41, 5.74) is 2.01. The lowest BCUT2D eigenvalue weighted by Gasteiger charge is -2.12. The van der Waals surface area contributed by atoms with Gasteiger partial charge in [0, 0.05) is 6.20 Å². The van der Waals surface area contributed by atoms with Gasteiger partial charge in [-0.15, -0.1) is 0 Å². The van der Waals surface area contributed by atoms with Crippen LogP contribution < -0.4 is 0 Å². The van der Waals surface area contributed by atoms with Gasteiger partial charge in [0.1, 0.15) is 5.56 Å². The van der Waals surface area contributed by atoms with E-state index in [1.165, 1.54) is 22.8 Å². The Balaban J connectivity index is 1.68. The molecule has 3 aromatic rings. The topological polar surface area (TPSA) is 81.0 Å². The molecule has 24 heavy (non-hydrogen) atoms. The third-order valence-electron chi connectivity index (χ3n) is 3.89. The summed E-state index contributed by atoms with van der Waals surface area (Å²) < 4.78 is 1.54. The number of benzene rings is 1. The number of aromatic nitrogens is 2. The molecule has 0 N–H and O–H groups in total.